The van der Waals surface area contributed by atoms with Crippen molar-refractivity contribution in [2.75, 3.05) is 6.54 Å². The third-order valence-corrected chi connectivity index (χ3v) is 9.27. The van der Waals surface area contributed by atoms with E-state index in [2.05, 4.69) is 0 Å². The first-order valence-electron chi connectivity index (χ1n) is 15.9. The van der Waals surface area contributed by atoms with Crippen LogP contribution in [0.15, 0.2) is 48.6 Å². The molecule has 3 aliphatic rings. The van der Waals surface area contributed by atoms with Crippen molar-refractivity contribution < 1.29 is 48.2 Å². The molecule has 1 heterocycles. The molecule has 11 nitrogen and oxygen atoms in total. The minimum Gasteiger partial charge on any atom is -0.462 e. The molecule has 1 aliphatic heterocycles. The topological polar surface area (TPSA) is 186 Å². The summed E-state index contributed by atoms with van der Waals surface area (Å²) in [4.78, 5) is 43.5. The van der Waals surface area contributed by atoms with Gasteiger partial charge >= 0.3 is 19.8 Å². The molecular formula is C32H50NO10P. The number of hydrogen-bond donors (Lipinski definition) is 5. The molecule has 44 heavy (non-hydrogen) atoms. The Morgan fingerprint density at radius 1 is 1.16 bits per heavy atom. The van der Waals surface area contributed by atoms with Crippen molar-refractivity contribution in [2.45, 2.75) is 114 Å². The Hall–Kier alpha value is -2.11. The van der Waals surface area contributed by atoms with Crippen molar-refractivity contribution >= 4 is 19.8 Å². The molecule has 2 saturated carbocycles. The molecule has 2 fully saturated rings. The summed E-state index contributed by atoms with van der Waals surface area (Å²) < 4.78 is 28.0. The maximum atomic E-state index is 12.6. The van der Waals surface area contributed by atoms with Crippen LogP contribution in [0, 0.1) is 17.8 Å². The Bertz CT molecular complexity index is 1090. The number of aliphatic hydroxyl groups excluding tert-OH is 1. The summed E-state index contributed by atoms with van der Waals surface area (Å²) in [5.41, 5.74) is 3.75. The van der Waals surface area contributed by atoms with E-state index in [9.17, 15) is 34.2 Å². The van der Waals surface area contributed by atoms with E-state index >= 15 is 0 Å². The van der Waals surface area contributed by atoms with Crippen LogP contribution in [0.3, 0.4) is 0 Å². The molecule has 0 spiro atoms. The number of phosphoric acid groups is 1. The van der Waals surface area contributed by atoms with Gasteiger partial charge in [0, 0.05) is 18.4 Å². The highest BCUT2D eigenvalue weighted by atomic mass is 31.2. The fourth-order valence-electron chi connectivity index (χ4n) is 6.24. The number of aliphatic hydroxyl groups is 2. The zero-order chi connectivity index (χ0) is 32.2. The van der Waals surface area contributed by atoms with Crippen LogP contribution in [0.5, 0.6) is 0 Å². The van der Waals surface area contributed by atoms with Crippen molar-refractivity contribution in [1.29, 1.82) is 0 Å². The molecular weight excluding hydrogens is 589 g/mol. The maximum absolute atomic E-state index is 12.6. The quantitative estimate of drug-likeness (QED) is 0.0750. The molecule has 0 radical (unpaired) electrons. The van der Waals surface area contributed by atoms with Gasteiger partial charge in [0.05, 0.1) is 12.0 Å². The number of hydrogen-bond acceptors (Lipinski definition) is 9. The minimum absolute atomic E-state index is 0.0238. The van der Waals surface area contributed by atoms with Crippen LogP contribution in [0.4, 0.5) is 0 Å². The molecule has 0 amide bonds. The lowest BCUT2D eigenvalue weighted by molar-refractivity contribution is -0.157. The summed E-state index contributed by atoms with van der Waals surface area (Å²) in [5, 5.41) is 22.2. The molecule has 0 unspecified atom stereocenters. The van der Waals surface area contributed by atoms with E-state index in [0.29, 0.717) is 6.42 Å². The smallest absolute Gasteiger partial charge is 0.462 e. The van der Waals surface area contributed by atoms with Gasteiger partial charge in [0.15, 0.2) is 0 Å². The molecule has 248 valence electrons. The van der Waals surface area contributed by atoms with Gasteiger partial charge in [-0.05, 0) is 69.9 Å². The molecule has 0 aromatic carbocycles. The first-order chi connectivity index (χ1) is 20.9. The third-order valence-electron chi connectivity index (χ3n) is 8.74. The number of carbonyl (C=O) groups is 2. The number of rotatable bonds is 15. The summed E-state index contributed by atoms with van der Waals surface area (Å²) in [6.45, 7) is 1.87. The lowest BCUT2D eigenvalue weighted by Gasteiger charge is -2.35. The average molecular weight is 640 g/mol. The number of esters is 2. The van der Waals surface area contributed by atoms with Crippen molar-refractivity contribution in [2.24, 2.45) is 23.5 Å². The van der Waals surface area contributed by atoms with E-state index in [1.807, 2.05) is 13.0 Å². The van der Waals surface area contributed by atoms with Gasteiger partial charge in [-0.1, -0.05) is 62.6 Å². The normalized spacial score (nSPS) is 28.3. The van der Waals surface area contributed by atoms with Gasteiger partial charge in [-0.15, -0.1) is 0 Å². The predicted octanol–water partition coefficient (Wildman–Crippen LogP) is 4.15. The number of carbonyl (C=O) groups excluding carboxylic acids is 2. The summed E-state index contributed by atoms with van der Waals surface area (Å²) in [7, 11) is -5.07. The monoisotopic (exact) mass is 639 g/mol. The first-order valence-corrected chi connectivity index (χ1v) is 17.4. The van der Waals surface area contributed by atoms with E-state index in [1.165, 1.54) is 30.7 Å². The second-order valence-corrected chi connectivity index (χ2v) is 13.4. The van der Waals surface area contributed by atoms with Crippen molar-refractivity contribution in [3.8, 4) is 0 Å². The van der Waals surface area contributed by atoms with Gasteiger partial charge in [0.1, 0.15) is 23.9 Å². The Morgan fingerprint density at radius 2 is 1.91 bits per heavy atom. The fourth-order valence-corrected chi connectivity index (χ4v) is 6.84. The highest BCUT2D eigenvalue weighted by Gasteiger charge is 2.40. The zero-order valence-electron chi connectivity index (χ0n) is 25.6. The Labute approximate surface area is 260 Å². The predicted molar refractivity (Wildman–Crippen MR) is 165 cm³/mol. The summed E-state index contributed by atoms with van der Waals surface area (Å²) in [5.74, 6) is -0.504. The molecule has 7 atom stereocenters. The fraction of sp³-hybridized carbons (Fsp3) is 0.688. The molecule has 0 aromatic rings. The van der Waals surface area contributed by atoms with Gasteiger partial charge in [-0.3, -0.25) is 9.32 Å². The molecule has 0 aromatic heterocycles. The van der Waals surface area contributed by atoms with Crippen LogP contribution in [-0.4, -0.2) is 68.5 Å². The van der Waals surface area contributed by atoms with Gasteiger partial charge in [0.2, 0.25) is 0 Å². The highest BCUT2D eigenvalue weighted by Crippen LogP contribution is 2.42. The third kappa shape index (κ3) is 12.0. The van der Waals surface area contributed by atoms with E-state index in [0.717, 1.165) is 51.4 Å². The summed E-state index contributed by atoms with van der Waals surface area (Å²) in [6.07, 6.45) is 18.0. The minimum atomic E-state index is -5.07. The van der Waals surface area contributed by atoms with Gasteiger partial charge in [-0.25, -0.2) is 9.36 Å². The Kier molecular flexibility index (Phi) is 14.5. The standard InChI is InChI=1S/C32H50NO10P/c1-2-24-15-16-30(35)42-28(24)17-18-32(37,19-20-33)29(43-44(38,39)40)22-26(34)13-7-6-9-23-10-8-14-27(21-23)41-31(36)25-11-4-3-5-12-25/h6-7,9,13,15-18,23-29,34,37H,2-5,8,10-12,14,19-22,33H2,1H3,(H2,38,39,40)/b9-6-,13-7+,18-17-/t23-,24+,26-,27+,28-,29+,32-/m1/s1. The molecule has 0 saturated heterocycles. The lowest BCUT2D eigenvalue weighted by Crippen LogP contribution is -2.45. The molecule has 2 aliphatic carbocycles. The van der Waals surface area contributed by atoms with Crippen LogP contribution in [-0.2, 0) is 28.2 Å². The number of phosphoric ester groups is 1. The van der Waals surface area contributed by atoms with Crippen molar-refractivity contribution in [3.05, 3.63) is 48.6 Å². The largest absolute Gasteiger partial charge is 0.469 e. The zero-order valence-corrected chi connectivity index (χ0v) is 26.5. The van der Waals surface area contributed by atoms with Crippen LogP contribution in [0.2, 0.25) is 0 Å². The van der Waals surface area contributed by atoms with Crippen molar-refractivity contribution in [1.82, 2.24) is 0 Å². The van der Waals surface area contributed by atoms with E-state index in [4.69, 9.17) is 19.7 Å². The average Bonchev–Trinajstić information content (AvgIpc) is 2.98. The van der Waals surface area contributed by atoms with Gasteiger partial charge in [-0.2, -0.15) is 0 Å². The first kappa shape index (κ1) is 36.4. The number of ether oxygens (including phenoxy) is 2. The lowest BCUT2D eigenvalue weighted by atomic mass is 9.86. The van der Waals surface area contributed by atoms with Crippen LogP contribution >= 0.6 is 7.82 Å². The maximum Gasteiger partial charge on any atom is 0.469 e. The van der Waals surface area contributed by atoms with Crippen molar-refractivity contribution in [3.63, 3.8) is 0 Å². The highest BCUT2D eigenvalue weighted by molar-refractivity contribution is 7.46. The van der Waals surface area contributed by atoms with Crippen LogP contribution in [0.25, 0.3) is 0 Å². The molecule has 0 bridgehead atoms. The Balaban J connectivity index is 1.61. The second kappa shape index (κ2) is 17.5. The Morgan fingerprint density at radius 3 is 2.59 bits per heavy atom. The van der Waals surface area contributed by atoms with Gasteiger partial charge < -0.3 is 35.2 Å². The SMILES string of the molecule is CC[C@H]1C=CC(=O)O[C@@H]1/C=C\[C@@](O)(CCN)[C@H](C[C@H](O)/C=C/C=C\[C@@H]1CCC[C@H](OC(=O)C2CCCCC2)C1)OP(=O)(O)O. The molecule has 12 heteroatoms. The van der Waals surface area contributed by atoms with E-state index < -0.39 is 37.7 Å². The van der Waals surface area contributed by atoms with Crippen LogP contribution < -0.4 is 5.73 Å². The van der Waals surface area contributed by atoms with Crippen LogP contribution in [0.1, 0.15) is 84.0 Å². The second-order valence-electron chi connectivity index (χ2n) is 12.2. The van der Waals surface area contributed by atoms with E-state index in [1.54, 1.807) is 18.2 Å². The van der Waals surface area contributed by atoms with Gasteiger partial charge in [0.25, 0.3) is 0 Å². The number of cyclic esters (lactones) is 1. The van der Waals surface area contributed by atoms with E-state index in [-0.39, 0.29) is 49.2 Å². The summed E-state index contributed by atoms with van der Waals surface area (Å²) >= 11 is 0. The number of allylic oxidation sites excluding steroid dienone is 3. The molecule has 3 rings (SSSR count). The number of nitrogens with two attached hydrogens (primary N) is 1. The summed E-state index contributed by atoms with van der Waals surface area (Å²) in [6, 6.07) is 0. The molecule has 6 N–H and O–H groups in total.